The Hall–Kier alpha value is -2.24. The molecule has 164 valence electrons. The van der Waals surface area contributed by atoms with Gasteiger partial charge in [0, 0.05) is 12.0 Å². The molecule has 0 heterocycles. The van der Waals surface area contributed by atoms with Crippen molar-refractivity contribution in [3.8, 4) is 0 Å². The zero-order valence-electron chi connectivity index (χ0n) is 18.5. The van der Waals surface area contributed by atoms with Gasteiger partial charge in [-0.3, -0.25) is 4.79 Å². The zero-order chi connectivity index (χ0) is 22.6. The molecule has 30 heavy (non-hydrogen) atoms. The number of ketones is 1. The van der Waals surface area contributed by atoms with Gasteiger partial charge in [-0.25, -0.2) is 4.79 Å². The maximum atomic E-state index is 12.0. The van der Waals surface area contributed by atoms with Crippen molar-refractivity contribution in [1.29, 1.82) is 0 Å². The summed E-state index contributed by atoms with van der Waals surface area (Å²) in [4.78, 5) is 22.8. The van der Waals surface area contributed by atoms with E-state index in [0.29, 0.717) is 5.92 Å². The van der Waals surface area contributed by atoms with Crippen molar-refractivity contribution >= 4 is 11.8 Å². The maximum absolute atomic E-state index is 12.0. The number of allylic oxidation sites excluding steroid dienone is 8. The lowest BCUT2D eigenvalue weighted by atomic mass is 9.57. The number of hydrogen-bond donors (Lipinski definition) is 3. The summed E-state index contributed by atoms with van der Waals surface area (Å²) in [5.74, 6) is -0.666. The molecule has 5 heteroatoms. The Bertz CT molecular complexity index is 826. The van der Waals surface area contributed by atoms with Crippen LogP contribution in [0.5, 0.6) is 0 Å². The Balaban J connectivity index is 2.52. The molecule has 1 fully saturated rings. The first-order valence-electron chi connectivity index (χ1n) is 10.5. The molecule has 0 amide bonds. The van der Waals surface area contributed by atoms with Gasteiger partial charge in [0.25, 0.3) is 0 Å². The highest BCUT2D eigenvalue weighted by molar-refractivity contribution is 5.92. The third kappa shape index (κ3) is 5.67. The number of aliphatic carboxylic acids is 1. The highest BCUT2D eigenvalue weighted by atomic mass is 16.4. The predicted octanol–water partition coefficient (Wildman–Crippen LogP) is 3.85. The number of carboxylic acid groups (broad SMARTS) is 1. The summed E-state index contributed by atoms with van der Waals surface area (Å²) in [6, 6.07) is 0. The lowest BCUT2D eigenvalue weighted by Crippen LogP contribution is -2.45. The zero-order valence-corrected chi connectivity index (χ0v) is 18.5. The van der Waals surface area contributed by atoms with Gasteiger partial charge in [-0.05, 0) is 62.5 Å². The number of carboxylic acids is 1. The number of fused-ring (bicyclic) bond motifs is 1. The van der Waals surface area contributed by atoms with E-state index in [1.807, 2.05) is 26.8 Å². The fourth-order valence-electron chi connectivity index (χ4n) is 5.09. The van der Waals surface area contributed by atoms with Crippen LogP contribution in [0.4, 0.5) is 0 Å². The molecule has 0 aromatic carbocycles. The van der Waals surface area contributed by atoms with Crippen molar-refractivity contribution < 1.29 is 24.9 Å². The number of aliphatic hydroxyl groups excluding tert-OH is 2. The summed E-state index contributed by atoms with van der Waals surface area (Å²) >= 11 is 0. The molecule has 2 aliphatic carbocycles. The van der Waals surface area contributed by atoms with E-state index in [9.17, 15) is 19.8 Å². The quantitative estimate of drug-likeness (QED) is 0.453. The summed E-state index contributed by atoms with van der Waals surface area (Å²) in [6.07, 6.45) is 10.9. The molecule has 0 spiro atoms. The Kier molecular flexibility index (Phi) is 8.16. The topological polar surface area (TPSA) is 94.8 Å². The second kappa shape index (κ2) is 10.2. The Labute approximate surface area is 179 Å². The summed E-state index contributed by atoms with van der Waals surface area (Å²) in [7, 11) is 0. The fraction of sp³-hybridized carbons (Fsp3) is 0.520. The molecule has 2 aliphatic rings. The van der Waals surface area contributed by atoms with Crippen LogP contribution in [0.15, 0.2) is 58.7 Å². The normalized spacial score (nSPS) is 34.1. The molecule has 2 rings (SSSR count). The lowest BCUT2D eigenvalue weighted by molar-refractivity contribution is -0.131. The third-order valence-electron chi connectivity index (χ3n) is 6.42. The molecule has 1 saturated carbocycles. The van der Waals surface area contributed by atoms with Crippen LogP contribution in [0.3, 0.4) is 0 Å². The average Bonchev–Trinajstić information content (AvgIpc) is 2.66. The molecule has 0 saturated heterocycles. The molecule has 0 aliphatic heterocycles. The fourth-order valence-corrected chi connectivity index (χ4v) is 5.09. The minimum absolute atomic E-state index is 0.0572. The Morgan fingerprint density at radius 2 is 1.83 bits per heavy atom. The summed E-state index contributed by atoms with van der Waals surface area (Å²) in [5.41, 5.74) is 3.70. The number of carbonyl (C=O) groups is 2. The molecular formula is C25H34O5. The van der Waals surface area contributed by atoms with Gasteiger partial charge in [0.05, 0.1) is 6.10 Å². The standard InChI is InChI=1S/C25H34O5/c1-14(6-7-23(28)29)8-15(2)9-22-21(12-20(27)13-26)16(3)10-19-11-17(4)25(30)18(5)24(19)22/h6-10,12,17-19,22,24-26,30H,11,13H2,1-5H3,(H,28,29)/b7-6+,14-8+,15-9+,21-12+/t17-,18+,19-,22+,24+,25+/m0/s1. The van der Waals surface area contributed by atoms with E-state index in [0.717, 1.165) is 34.8 Å². The summed E-state index contributed by atoms with van der Waals surface area (Å²) in [5, 5.41) is 28.8. The molecule has 5 nitrogen and oxygen atoms in total. The van der Waals surface area contributed by atoms with E-state index in [4.69, 9.17) is 5.11 Å². The molecule has 3 N–H and O–H groups in total. The molecule has 0 radical (unpaired) electrons. The minimum atomic E-state index is -0.993. The van der Waals surface area contributed by atoms with E-state index < -0.39 is 18.7 Å². The maximum Gasteiger partial charge on any atom is 0.328 e. The van der Waals surface area contributed by atoms with E-state index in [-0.39, 0.29) is 29.5 Å². The molecule has 0 bridgehead atoms. The van der Waals surface area contributed by atoms with Gasteiger partial charge in [0.1, 0.15) is 6.61 Å². The van der Waals surface area contributed by atoms with E-state index in [1.165, 1.54) is 6.08 Å². The van der Waals surface area contributed by atoms with Crippen LogP contribution >= 0.6 is 0 Å². The van der Waals surface area contributed by atoms with E-state index >= 15 is 0 Å². The Morgan fingerprint density at radius 1 is 1.17 bits per heavy atom. The SMILES string of the molecule is CC1=C[C@H]2C[C@H](C)[C@@H](O)[C@H](C)[C@H]2[C@H](/C=C(C)/C=C(C)/C=C/C(=O)O)/C1=C/C(=O)CO. The molecule has 6 atom stereocenters. The van der Waals surface area contributed by atoms with Gasteiger partial charge < -0.3 is 15.3 Å². The Morgan fingerprint density at radius 3 is 2.43 bits per heavy atom. The smallest absolute Gasteiger partial charge is 0.328 e. The molecule has 0 aromatic rings. The van der Waals surface area contributed by atoms with Gasteiger partial charge in [-0.2, -0.15) is 0 Å². The third-order valence-corrected chi connectivity index (χ3v) is 6.42. The highest BCUT2D eigenvalue weighted by Crippen LogP contribution is 2.50. The van der Waals surface area contributed by atoms with Crippen LogP contribution in [0, 0.1) is 29.6 Å². The van der Waals surface area contributed by atoms with Crippen molar-refractivity contribution in [3.63, 3.8) is 0 Å². The minimum Gasteiger partial charge on any atom is -0.478 e. The van der Waals surface area contributed by atoms with E-state index in [2.05, 4.69) is 26.0 Å². The van der Waals surface area contributed by atoms with Gasteiger partial charge in [-0.1, -0.05) is 54.9 Å². The first-order valence-corrected chi connectivity index (χ1v) is 10.5. The average molecular weight is 415 g/mol. The van der Waals surface area contributed by atoms with Crippen LogP contribution in [0.2, 0.25) is 0 Å². The molecule has 0 unspecified atom stereocenters. The van der Waals surface area contributed by atoms with Crippen molar-refractivity contribution in [1.82, 2.24) is 0 Å². The van der Waals surface area contributed by atoms with Crippen LogP contribution in [-0.2, 0) is 9.59 Å². The number of aliphatic hydroxyl groups is 2. The van der Waals surface area contributed by atoms with Gasteiger partial charge >= 0.3 is 5.97 Å². The first-order chi connectivity index (χ1) is 14.0. The van der Waals surface area contributed by atoms with Gasteiger partial charge in [-0.15, -0.1) is 0 Å². The number of hydrogen-bond acceptors (Lipinski definition) is 4. The van der Waals surface area contributed by atoms with Crippen molar-refractivity contribution in [2.75, 3.05) is 6.61 Å². The second-order valence-electron chi connectivity index (χ2n) is 8.87. The van der Waals surface area contributed by atoms with Gasteiger partial charge in [0.15, 0.2) is 5.78 Å². The van der Waals surface area contributed by atoms with Gasteiger partial charge in [0.2, 0.25) is 0 Å². The van der Waals surface area contributed by atoms with Crippen LogP contribution in [-0.4, -0.2) is 39.8 Å². The van der Waals surface area contributed by atoms with Crippen LogP contribution in [0.1, 0.15) is 41.0 Å². The largest absolute Gasteiger partial charge is 0.478 e. The summed E-state index contributed by atoms with van der Waals surface area (Å²) in [6.45, 7) is 9.42. The van der Waals surface area contributed by atoms with Crippen molar-refractivity contribution in [3.05, 3.63) is 58.7 Å². The second-order valence-corrected chi connectivity index (χ2v) is 8.87. The molecular weight excluding hydrogens is 380 g/mol. The van der Waals surface area contributed by atoms with Crippen molar-refractivity contribution in [2.24, 2.45) is 29.6 Å². The van der Waals surface area contributed by atoms with Crippen molar-refractivity contribution in [2.45, 2.75) is 47.1 Å². The predicted molar refractivity (Wildman–Crippen MR) is 118 cm³/mol. The van der Waals surface area contributed by atoms with E-state index in [1.54, 1.807) is 6.08 Å². The highest BCUT2D eigenvalue weighted by Gasteiger charge is 2.45. The summed E-state index contributed by atoms with van der Waals surface area (Å²) < 4.78 is 0. The van der Waals surface area contributed by atoms with Crippen LogP contribution < -0.4 is 0 Å². The number of carbonyl (C=O) groups excluding carboxylic acids is 1. The number of rotatable bonds is 6. The monoisotopic (exact) mass is 414 g/mol. The lowest BCUT2D eigenvalue weighted by Gasteiger charge is -2.48. The van der Waals surface area contributed by atoms with Crippen LogP contribution in [0.25, 0.3) is 0 Å². The first kappa shape index (κ1) is 24.0. The molecule has 0 aromatic heterocycles.